The molecule has 0 amide bonds. The number of nitrogens with one attached hydrogen (secondary N) is 1. The Balaban J connectivity index is 1.68. The predicted molar refractivity (Wildman–Crippen MR) is 50.8 cm³/mol. The first-order valence-electron chi connectivity index (χ1n) is 4.83. The van der Waals surface area contributed by atoms with Gasteiger partial charge in [-0.3, -0.25) is 4.68 Å². The normalized spacial score (nSPS) is 26.9. The van der Waals surface area contributed by atoms with E-state index in [0.29, 0.717) is 13.2 Å². The smallest absolute Gasteiger partial charge is 0.0948 e. The monoisotopic (exact) mass is 197 g/mol. The van der Waals surface area contributed by atoms with Crippen LogP contribution in [0.2, 0.25) is 0 Å². The summed E-state index contributed by atoms with van der Waals surface area (Å²) in [7, 11) is 0. The second kappa shape index (κ2) is 4.54. The number of rotatable bonds is 4. The molecule has 2 unspecified atom stereocenters. The van der Waals surface area contributed by atoms with Gasteiger partial charge in [0, 0.05) is 18.9 Å². The highest BCUT2D eigenvalue weighted by Crippen LogP contribution is 2.04. The number of ether oxygens (including phenoxy) is 1. The van der Waals surface area contributed by atoms with Crippen molar-refractivity contribution in [1.82, 2.24) is 15.1 Å². The molecule has 1 aliphatic rings. The van der Waals surface area contributed by atoms with E-state index in [4.69, 9.17) is 4.74 Å². The molecule has 1 aromatic heterocycles. The van der Waals surface area contributed by atoms with E-state index in [1.165, 1.54) is 0 Å². The molecule has 1 aliphatic heterocycles. The van der Waals surface area contributed by atoms with Crippen LogP contribution < -0.4 is 5.32 Å². The summed E-state index contributed by atoms with van der Waals surface area (Å²) in [5.41, 5.74) is 0. The highest BCUT2D eigenvalue weighted by molar-refractivity contribution is 4.81. The summed E-state index contributed by atoms with van der Waals surface area (Å²) >= 11 is 0. The lowest BCUT2D eigenvalue weighted by atomic mass is 10.2. The van der Waals surface area contributed by atoms with Crippen LogP contribution in [0.5, 0.6) is 0 Å². The lowest BCUT2D eigenvalue weighted by molar-refractivity contribution is 0.122. The van der Waals surface area contributed by atoms with Gasteiger partial charge >= 0.3 is 0 Å². The maximum Gasteiger partial charge on any atom is 0.0948 e. The fourth-order valence-electron chi connectivity index (χ4n) is 1.54. The van der Waals surface area contributed by atoms with Gasteiger partial charge in [-0.15, -0.1) is 0 Å². The standard InChI is InChI=1S/C9H15N3O2/c13-9-7-14-6-8(9)10-3-5-12-4-1-2-11-12/h1-2,4,8-10,13H,3,5-7H2. The third-order valence-electron chi connectivity index (χ3n) is 2.36. The summed E-state index contributed by atoms with van der Waals surface area (Å²) in [6.07, 6.45) is 3.31. The van der Waals surface area contributed by atoms with Crippen molar-refractivity contribution < 1.29 is 9.84 Å². The van der Waals surface area contributed by atoms with Crippen LogP contribution in [0, 0.1) is 0 Å². The molecule has 0 bridgehead atoms. The Morgan fingerprint density at radius 3 is 3.14 bits per heavy atom. The molecule has 2 N–H and O–H groups in total. The molecule has 1 aromatic rings. The van der Waals surface area contributed by atoms with E-state index in [0.717, 1.165) is 13.1 Å². The lowest BCUT2D eigenvalue weighted by Gasteiger charge is -2.14. The molecule has 0 aromatic carbocycles. The average molecular weight is 197 g/mol. The van der Waals surface area contributed by atoms with E-state index in [1.807, 2.05) is 16.9 Å². The number of hydrogen-bond donors (Lipinski definition) is 2. The molecule has 0 aliphatic carbocycles. The molecular formula is C9H15N3O2. The molecule has 5 nitrogen and oxygen atoms in total. The number of hydrogen-bond acceptors (Lipinski definition) is 4. The van der Waals surface area contributed by atoms with Crippen LogP contribution in [-0.4, -0.2) is 46.8 Å². The topological polar surface area (TPSA) is 59.3 Å². The average Bonchev–Trinajstić information content (AvgIpc) is 2.78. The Bertz CT molecular complexity index is 263. The van der Waals surface area contributed by atoms with Crippen LogP contribution in [0.4, 0.5) is 0 Å². The minimum atomic E-state index is -0.368. The minimum Gasteiger partial charge on any atom is -0.389 e. The Hall–Kier alpha value is -0.910. The third kappa shape index (κ3) is 2.31. The summed E-state index contributed by atoms with van der Waals surface area (Å²) in [5.74, 6) is 0. The van der Waals surface area contributed by atoms with Crippen LogP contribution in [-0.2, 0) is 11.3 Å². The Kier molecular flexibility index (Phi) is 3.13. The molecule has 0 saturated carbocycles. The van der Waals surface area contributed by atoms with E-state index >= 15 is 0 Å². The highest BCUT2D eigenvalue weighted by atomic mass is 16.5. The molecule has 2 heterocycles. The van der Waals surface area contributed by atoms with Gasteiger partial charge in [-0.05, 0) is 6.07 Å². The fourth-order valence-corrected chi connectivity index (χ4v) is 1.54. The molecular weight excluding hydrogens is 182 g/mol. The van der Waals surface area contributed by atoms with E-state index in [2.05, 4.69) is 10.4 Å². The molecule has 0 radical (unpaired) electrons. The zero-order valence-corrected chi connectivity index (χ0v) is 7.97. The van der Waals surface area contributed by atoms with Crippen molar-refractivity contribution in [1.29, 1.82) is 0 Å². The maximum absolute atomic E-state index is 9.44. The van der Waals surface area contributed by atoms with Crippen molar-refractivity contribution in [3.63, 3.8) is 0 Å². The van der Waals surface area contributed by atoms with Gasteiger partial charge in [0.1, 0.15) is 0 Å². The van der Waals surface area contributed by atoms with Crippen molar-refractivity contribution in [2.24, 2.45) is 0 Å². The summed E-state index contributed by atoms with van der Waals surface area (Å²) in [4.78, 5) is 0. The second-order valence-corrected chi connectivity index (χ2v) is 3.43. The van der Waals surface area contributed by atoms with Gasteiger partial charge in [-0.2, -0.15) is 5.10 Å². The number of aliphatic hydroxyl groups is 1. The number of nitrogens with zero attached hydrogens (tertiary/aromatic N) is 2. The van der Waals surface area contributed by atoms with Crippen molar-refractivity contribution in [2.75, 3.05) is 19.8 Å². The zero-order chi connectivity index (χ0) is 9.80. The highest BCUT2D eigenvalue weighted by Gasteiger charge is 2.24. The Labute approximate surface area is 82.7 Å². The van der Waals surface area contributed by atoms with Gasteiger partial charge < -0.3 is 15.2 Å². The van der Waals surface area contributed by atoms with Gasteiger partial charge in [0.2, 0.25) is 0 Å². The van der Waals surface area contributed by atoms with E-state index < -0.39 is 0 Å². The summed E-state index contributed by atoms with van der Waals surface area (Å²) < 4.78 is 6.98. The molecule has 2 atom stereocenters. The zero-order valence-electron chi connectivity index (χ0n) is 7.97. The number of aromatic nitrogens is 2. The van der Waals surface area contributed by atoms with Gasteiger partial charge in [0.15, 0.2) is 0 Å². The van der Waals surface area contributed by atoms with Crippen LogP contribution in [0.25, 0.3) is 0 Å². The van der Waals surface area contributed by atoms with Gasteiger partial charge in [0.25, 0.3) is 0 Å². The van der Waals surface area contributed by atoms with Crippen LogP contribution in [0.3, 0.4) is 0 Å². The van der Waals surface area contributed by atoms with Gasteiger partial charge in [-0.25, -0.2) is 0 Å². The second-order valence-electron chi connectivity index (χ2n) is 3.43. The Morgan fingerprint density at radius 1 is 1.57 bits per heavy atom. The molecule has 2 rings (SSSR count). The van der Waals surface area contributed by atoms with E-state index in [9.17, 15) is 5.11 Å². The first-order valence-corrected chi connectivity index (χ1v) is 4.83. The fraction of sp³-hybridized carbons (Fsp3) is 0.667. The van der Waals surface area contributed by atoms with Crippen LogP contribution in [0.15, 0.2) is 18.5 Å². The molecule has 1 fully saturated rings. The largest absolute Gasteiger partial charge is 0.389 e. The van der Waals surface area contributed by atoms with Crippen molar-refractivity contribution in [3.05, 3.63) is 18.5 Å². The minimum absolute atomic E-state index is 0.0746. The van der Waals surface area contributed by atoms with E-state index in [-0.39, 0.29) is 12.1 Å². The Morgan fingerprint density at radius 2 is 2.50 bits per heavy atom. The quantitative estimate of drug-likeness (QED) is 0.665. The summed E-state index contributed by atoms with van der Waals surface area (Å²) in [6.45, 7) is 2.66. The van der Waals surface area contributed by atoms with Crippen molar-refractivity contribution in [2.45, 2.75) is 18.7 Å². The van der Waals surface area contributed by atoms with Crippen molar-refractivity contribution >= 4 is 0 Å². The maximum atomic E-state index is 9.44. The van der Waals surface area contributed by atoms with Gasteiger partial charge in [-0.1, -0.05) is 0 Å². The molecule has 1 saturated heterocycles. The van der Waals surface area contributed by atoms with Crippen LogP contribution >= 0.6 is 0 Å². The number of aliphatic hydroxyl groups excluding tert-OH is 1. The predicted octanol–water partition coefficient (Wildman–Crippen LogP) is -0.768. The SMILES string of the molecule is OC1COCC1NCCn1cccn1. The van der Waals surface area contributed by atoms with Gasteiger partial charge in [0.05, 0.1) is 31.9 Å². The summed E-state index contributed by atoms with van der Waals surface area (Å²) in [6, 6.07) is 1.97. The van der Waals surface area contributed by atoms with Crippen molar-refractivity contribution in [3.8, 4) is 0 Å². The first-order chi connectivity index (χ1) is 6.86. The molecule has 14 heavy (non-hydrogen) atoms. The third-order valence-corrected chi connectivity index (χ3v) is 2.36. The van der Waals surface area contributed by atoms with E-state index in [1.54, 1.807) is 6.20 Å². The molecule has 5 heteroatoms. The molecule has 78 valence electrons. The molecule has 0 spiro atoms. The summed E-state index contributed by atoms with van der Waals surface area (Å²) in [5, 5.41) is 16.8. The first kappa shape index (κ1) is 9.64. The van der Waals surface area contributed by atoms with Crippen LogP contribution in [0.1, 0.15) is 0 Å². The lowest BCUT2D eigenvalue weighted by Crippen LogP contribution is -2.40.